The van der Waals surface area contributed by atoms with E-state index in [0.29, 0.717) is 11.5 Å². The van der Waals surface area contributed by atoms with Crippen molar-refractivity contribution in [1.82, 2.24) is 20.1 Å². The van der Waals surface area contributed by atoms with Crippen molar-refractivity contribution in [3.8, 4) is 0 Å². The predicted octanol–water partition coefficient (Wildman–Crippen LogP) is 1.84. The minimum Gasteiger partial charge on any atom is -0.320 e. The molecule has 4 heteroatoms. The Balaban J connectivity index is 1.52. The van der Waals surface area contributed by atoms with E-state index in [0.717, 1.165) is 13.1 Å². The molecule has 4 nitrogen and oxygen atoms in total. The van der Waals surface area contributed by atoms with Crippen LogP contribution in [0.15, 0.2) is 12.7 Å². The SMILES string of the molecule is CC(NCCCCn1cnnc1)C1(C)CC1. The molecule has 1 aromatic heterocycles. The predicted molar refractivity (Wildman–Crippen MR) is 64.1 cm³/mol. The molecule has 0 radical (unpaired) electrons. The van der Waals surface area contributed by atoms with Gasteiger partial charge in [-0.1, -0.05) is 6.92 Å². The van der Waals surface area contributed by atoms with Gasteiger partial charge in [0.25, 0.3) is 0 Å². The minimum atomic E-state index is 0.592. The molecular weight excluding hydrogens is 200 g/mol. The monoisotopic (exact) mass is 222 g/mol. The highest BCUT2D eigenvalue weighted by Crippen LogP contribution is 2.47. The van der Waals surface area contributed by atoms with Crippen LogP contribution in [0.4, 0.5) is 0 Å². The largest absolute Gasteiger partial charge is 0.320 e. The first-order valence-corrected chi connectivity index (χ1v) is 6.26. The third-order valence-electron chi connectivity index (χ3n) is 3.84. The molecule has 2 rings (SSSR count). The number of nitrogens with zero attached hydrogens (tertiary/aromatic N) is 3. The number of hydrogen-bond donors (Lipinski definition) is 1. The van der Waals surface area contributed by atoms with Crippen molar-refractivity contribution in [3.05, 3.63) is 12.7 Å². The van der Waals surface area contributed by atoms with Gasteiger partial charge in [0, 0.05) is 12.6 Å². The fraction of sp³-hybridized carbons (Fsp3) is 0.833. The Hall–Kier alpha value is -0.900. The van der Waals surface area contributed by atoms with Gasteiger partial charge < -0.3 is 9.88 Å². The maximum absolute atomic E-state index is 3.79. The van der Waals surface area contributed by atoms with Gasteiger partial charge in [0.1, 0.15) is 12.7 Å². The van der Waals surface area contributed by atoms with E-state index in [4.69, 9.17) is 0 Å². The van der Waals surface area contributed by atoms with Gasteiger partial charge in [-0.3, -0.25) is 0 Å². The smallest absolute Gasteiger partial charge is 0.119 e. The van der Waals surface area contributed by atoms with Gasteiger partial charge in [-0.25, -0.2) is 0 Å². The number of hydrogen-bond acceptors (Lipinski definition) is 3. The molecule has 1 unspecified atom stereocenters. The lowest BCUT2D eigenvalue weighted by Crippen LogP contribution is -2.34. The van der Waals surface area contributed by atoms with Crippen LogP contribution in [0.25, 0.3) is 0 Å². The van der Waals surface area contributed by atoms with Gasteiger partial charge in [-0.15, -0.1) is 10.2 Å². The zero-order chi connectivity index (χ0) is 11.4. The lowest BCUT2D eigenvalue weighted by Gasteiger charge is -2.20. The van der Waals surface area contributed by atoms with Crippen molar-refractivity contribution in [2.24, 2.45) is 5.41 Å². The fourth-order valence-corrected chi connectivity index (χ4v) is 1.95. The second kappa shape index (κ2) is 4.95. The fourth-order valence-electron chi connectivity index (χ4n) is 1.95. The summed E-state index contributed by atoms with van der Waals surface area (Å²) in [6, 6.07) is 0.669. The minimum absolute atomic E-state index is 0.592. The second-order valence-corrected chi connectivity index (χ2v) is 5.24. The zero-order valence-corrected chi connectivity index (χ0v) is 10.3. The maximum Gasteiger partial charge on any atom is 0.119 e. The van der Waals surface area contributed by atoms with E-state index in [-0.39, 0.29) is 0 Å². The Kier molecular flexibility index (Phi) is 3.59. The van der Waals surface area contributed by atoms with Crippen molar-refractivity contribution in [2.75, 3.05) is 6.54 Å². The average Bonchev–Trinajstić information content (AvgIpc) is 2.81. The van der Waals surface area contributed by atoms with E-state index in [1.54, 1.807) is 12.7 Å². The summed E-state index contributed by atoms with van der Waals surface area (Å²) in [6.45, 7) is 6.84. The van der Waals surface area contributed by atoms with Crippen molar-refractivity contribution in [2.45, 2.75) is 52.1 Å². The molecule has 90 valence electrons. The summed E-state index contributed by atoms with van der Waals surface area (Å²) in [5, 5.41) is 11.2. The lowest BCUT2D eigenvalue weighted by atomic mass is 10.0. The van der Waals surface area contributed by atoms with Crippen LogP contribution >= 0.6 is 0 Å². The molecule has 0 spiro atoms. The van der Waals surface area contributed by atoms with Crippen LogP contribution in [-0.2, 0) is 6.54 Å². The molecule has 1 aliphatic carbocycles. The first-order valence-electron chi connectivity index (χ1n) is 6.26. The number of aryl methyl sites for hydroxylation is 1. The summed E-state index contributed by atoms with van der Waals surface area (Å²) >= 11 is 0. The molecular formula is C12H22N4. The van der Waals surface area contributed by atoms with Gasteiger partial charge in [0.15, 0.2) is 0 Å². The number of aromatic nitrogens is 3. The molecule has 0 aromatic carbocycles. The average molecular weight is 222 g/mol. The van der Waals surface area contributed by atoms with Crippen molar-refractivity contribution >= 4 is 0 Å². The summed E-state index contributed by atoms with van der Waals surface area (Å²) in [7, 11) is 0. The quantitative estimate of drug-likeness (QED) is 0.716. The molecule has 1 aliphatic rings. The molecule has 1 heterocycles. The van der Waals surface area contributed by atoms with Crippen LogP contribution in [0.2, 0.25) is 0 Å². The second-order valence-electron chi connectivity index (χ2n) is 5.24. The van der Waals surface area contributed by atoms with E-state index in [9.17, 15) is 0 Å². The Labute approximate surface area is 97.5 Å². The number of rotatable bonds is 7. The summed E-state index contributed by atoms with van der Waals surface area (Å²) < 4.78 is 2.03. The van der Waals surface area contributed by atoms with E-state index in [1.165, 1.54) is 25.7 Å². The lowest BCUT2D eigenvalue weighted by molar-refractivity contribution is 0.376. The maximum atomic E-state index is 3.79. The molecule has 1 saturated carbocycles. The van der Waals surface area contributed by atoms with Gasteiger partial charge in [0.05, 0.1) is 0 Å². The summed E-state index contributed by atoms with van der Waals surface area (Å²) in [5.74, 6) is 0. The summed E-state index contributed by atoms with van der Waals surface area (Å²) in [5.41, 5.74) is 0.592. The van der Waals surface area contributed by atoms with Gasteiger partial charge >= 0.3 is 0 Å². The molecule has 1 fully saturated rings. The molecule has 16 heavy (non-hydrogen) atoms. The Morgan fingerprint density at radius 1 is 1.31 bits per heavy atom. The van der Waals surface area contributed by atoms with Crippen LogP contribution in [0.3, 0.4) is 0 Å². The first kappa shape index (κ1) is 11.6. The van der Waals surface area contributed by atoms with Crippen LogP contribution in [0, 0.1) is 5.41 Å². The highest BCUT2D eigenvalue weighted by Gasteiger charge is 2.41. The van der Waals surface area contributed by atoms with Crippen LogP contribution in [0.5, 0.6) is 0 Å². The Morgan fingerprint density at radius 3 is 2.62 bits per heavy atom. The van der Waals surface area contributed by atoms with Crippen molar-refractivity contribution < 1.29 is 0 Å². The number of nitrogens with one attached hydrogen (secondary N) is 1. The molecule has 0 bridgehead atoms. The highest BCUT2D eigenvalue weighted by atomic mass is 15.2. The third-order valence-corrected chi connectivity index (χ3v) is 3.84. The Bertz CT molecular complexity index is 303. The summed E-state index contributed by atoms with van der Waals surface area (Å²) in [6.07, 6.45) is 8.75. The van der Waals surface area contributed by atoms with Gasteiger partial charge in [-0.05, 0) is 44.6 Å². The van der Waals surface area contributed by atoms with Crippen molar-refractivity contribution in [3.63, 3.8) is 0 Å². The molecule has 0 aliphatic heterocycles. The molecule has 1 aromatic rings. The third kappa shape index (κ3) is 3.04. The topological polar surface area (TPSA) is 42.7 Å². The van der Waals surface area contributed by atoms with Gasteiger partial charge in [-0.2, -0.15) is 0 Å². The number of unbranched alkanes of at least 4 members (excludes halogenated alkanes) is 1. The molecule has 1 N–H and O–H groups in total. The van der Waals surface area contributed by atoms with Crippen molar-refractivity contribution in [1.29, 1.82) is 0 Å². The molecule has 0 amide bonds. The molecule has 0 saturated heterocycles. The normalized spacial score (nSPS) is 19.6. The standard InChI is InChI=1S/C12H22N4/c1-11(12(2)5-6-12)13-7-3-4-8-16-9-14-15-10-16/h9-11,13H,3-8H2,1-2H3. The van der Waals surface area contributed by atoms with E-state index in [1.807, 2.05) is 4.57 Å². The van der Waals surface area contributed by atoms with Crippen LogP contribution < -0.4 is 5.32 Å². The van der Waals surface area contributed by atoms with E-state index < -0.39 is 0 Å². The van der Waals surface area contributed by atoms with E-state index >= 15 is 0 Å². The van der Waals surface area contributed by atoms with Crippen LogP contribution in [0.1, 0.15) is 39.5 Å². The highest BCUT2D eigenvalue weighted by molar-refractivity contribution is 4.96. The first-order chi connectivity index (χ1) is 7.71. The summed E-state index contributed by atoms with van der Waals surface area (Å²) in [4.78, 5) is 0. The zero-order valence-electron chi connectivity index (χ0n) is 10.3. The Morgan fingerprint density at radius 2 is 2.00 bits per heavy atom. The van der Waals surface area contributed by atoms with E-state index in [2.05, 4.69) is 29.4 Å². The molecule has 1 atom stereocenters. The van der Waals surface area contributed by atoms with Gasteiger partial charge in [0.2, 0.25) is 0 Å². The van der Waals surface area contributed by atoms with Crippen LogP contribution in [-0.4, -0.2) is 27.4 Å².